The molecule has 16 heavy (non-hydrogen) atoms. The Balaban J connectivity index is 3.78. The highest BCUT2D eigenvalue weighted by molar-refractivity contribution is 5.97. The molecule has 0 aromatic rings. The van der Waals surface area contributed by atoms with Crippen LogP contribution in [0.1, 0.15) is 46.5 Å². The Morgan fingerprint density at radius 3 is 2.56 bits per heavy atom. The molecule has 0 amide bonds. The molecule has 0 aromatic heterocycles. The van der Waals surface area contributed by atoms with Gasteiger partial charge in [-0.2, -0.15) is 0 Å². The number of methoxy groups -OCH3 is 1. The summed E-state index contributed by atoms with van der Waals surface area (Å²) in [6, 6.07) is 0. The SMILES string of the molecule is COC(=O)CC(=N)CC(C)CCC=C(C)C. The van der Waals surface area contributed by atoms with Gasteiger partial charge in [0.2, 0.25) is 0 Å². The lowest BCUT2D eigenvalue weighted by Gasteiger charge is -2.10. The summed E-state index contributed by atoms with van der Waals surface area (Å²) >= 11 is 0. The first-order valence-electron chi connectivity index (χ1n) is 5.72. The minimum Gasteiger partial charge on any atom is -0.469 e. The van der Waals surface area contributed by atoms with Crippen molar-refractivity contribution in [1.82, 2.24) is 0 Å². The van der Waals surface area contributed by atoms with Crippen LogP contribution in [0.2, 0.25) is 0 Å². The Kier molecular flexibility index (Phi) is 7.52. The average molecular weight is 225 g/mol. The van der Waals surface area contributed by atoms with Crippen LogP contribution in [-0.2, 0) is 9.53 Å². The van der Waals surface area contributed by atoms with Crippen LogP contribution in [0.3, 0.4) is 0 Å². The zero-order chi connectivity index (χ0) is 12.6. The van der Waals surface area contributed by atoms with Crippen LogP contribution >= 0.6 is 0 Å². The number of esters is 1. The molecule has 0 heterocycles. The van der Waals surface area contributed by atoms with E-state index in [4.69, 9.17) is 5.41 Å². The summed E-state index contributed by atoms with van der Waals surface area (Å²) < 4.78 is 4.53. The first-order valence-corrected chi connectivity index (χ1v) is 5.72. The van der Waals surface area contributed by atoms with Gasteiger partial charge in [0.15, 0.2) is 0 Å². The fraction of sp³-hybridized carbons (Fsp3) is 0.692. The first kappa shape index (κ1) is 14.9. The van der Waals surface area contributed by atoms with Crippen LogP contribution in [0.5, 0.6) is 0 Å². The van der Waals surface area contributed by atoms with Gasteiger partial charge in [0.25, 0.3) is 0 Å². The van der Waals surface area contributed by atoms with Crippen LogP contribution in [0.4, 0.5) is 0 Å². The summed E-state index contributed by atoms with van der Waals surface area (Å²) in [5, 5.41) is 7.66. The molecular formula is C13H23NO2. The molecule has 0 spiro atoms. The van der Waals surface area contributed by atoms with E-state index >= 15 is 0 Å². The fourth-order valence-electron chi connectivity index (χ4n) is 1.50. The van der Waals surface area contributed by atoms with Gasteiger partial charge in [-0.3, -0.25) is 4.79 Å². The number of hydrogen-bond acceptors (Lipinski definition) is 3. The minimum atomic E-state index is -0.318. The van der Waals surface area contributed by atoms with Crippen LogP contribution in [0.25, 0.3) is 0 Å². The molecule has 1 unspecified atom stereocenters. The molecule has 3 heteroatoms. The monoisotopic (exact) mass is 225 g/mol. The topological polar surface area (TPSA) is 50.2 Å². The minimum absolute atomic E-state index is 0.128. The average Bonchev–Trinajstić information content (AvgIpc) is 2.16. The van der Waals surface area contributed by atoms with E-state index in [2.05, 4.69) is 31.6 Å². The number of carbonyl (C=O) groups is 1. The lowest BCUT2D eigenvalue weighted by Crippen LogP contribution is -2.11. The van der Waals surface area contributed by atoms with Crippen molar-refractivity contribution in [3.8, 4) is 0 Å². The Hall–Kier alpha value is -1.12. The largest absolute Gasteiger partial charge is 0.469 e. The van der Waals surface area contributed by atoms with E-state index < -0.39 is 0 Å². The molecule has 0 radical (unpaired) electrons. The van der Waals surface area contributed by atoms with E-state index in [0.717, 1.165) is 12.8 Å². The highest BCUT2D eigenvalue weighted by atomic mass is 16.5. The molecule has 0 bridgehead atoms. The molecular weight excluding hydrogens is 202 g/mol. The molecule has 0 aromatic carbocycles. The van der Waals surface area contributed by atoms with Crippen LogP contribution in [0, 0.1) is 11.3 Å². The van der Waals surface area contributed by atoms with Crippen molar-refractivity contribution in [3.05, 3.63) is 11.6 Å². The fourth-order valence-corrected chi connectivity index (χ4v) is 1.50. The van der Waals surface area contributed by atoms with Crippen molar-refractivity contribution in [3.63, 3.8) is 0 Å². The van der Waals surface area contributed by atoms with Crippen molar-refractivity contribution in [2.24, 2.45) is 5.92 Å². The lowest BCUT2D eigenvalue weighted by atomic mass is 9.97. The van der Waals surface area contributed by atoms with Crippen LogP contribution in [-0.4, -0.2) is 18.8 Å². The summed E-state index contributed by atoms with van der Waals surface area (Å²) in [4.78, 5) is 10.9. The molecule has 0 saturated carbocycles. The van der Waals surface area contributed by atoms with Gasteiger partial charge in [0, 0.05) is 5.71 Å². The van der Waals surface area contributed by atoms with E-state index in [0.29, 0.717) is 18.1 Å². The third kappa shape index (κ3) is 8.21. The highest BCUT2D eigenvalue weighted by Crippen LogP contribution is 2.13. The first-order chi connectivity index (χ1) is 7.45. The highest BCUT2D eigenvalue weighted by Gasteiger charge is 2.09. The Morgan fingerprint density at radius 2 is 2.06 bits per heavy atom. The maximum absolute atomic E-state index is 10.9. The maximum atomic E-state index is 10.9. The number of carbonyl (C=O) groups excluding carboxylic acids is 1. The smallest absolute Gasteiger partial charge is 0.311 e. The van der Waals surface area contributed by atoms with E-state index in [1.807, 2.05) is 0 Å². The third-order valence-electron chi connectivity index (χ3n) is 2.39. The third-order valence-corrected chi connectivity index (χ3v) is 2.39. The lowest BCUT2D eigenvalue weighted by molar-refractivity contribution is -0.139. The van der Waals surface area contributed by atoms with Crippen LogP contribution < -0.4 is 0 Å². The molecule has 0 fully saturated rings. The Labute approximate surface area is 98.4 Å². The second-order valence-electron chi connectivity index (χ2n) is 4.52. The van der Waals surface area contributed by atoms with Gasteiger partial charge < -0.3 is 10.1 Å². The van der Waals surface area contributed by atoms with Gasteiger partial charge in [-0.25, -0.2) is 0 Å². The number of nitrogens with one attached hydrogen (secondary N) is 1. The van der Waals surface area contributed by atoms with Crippen molar-refractivity contribution < 1.29 is 9.53 Å². The molecule has 0 aliphatic rings. The molecule has 0 saturated heterocycles. The number of rotatable bonds is 7. The normalized spacial score (nSPS) is 11.8. The van der Waals surface area contributed by atoms with Crippen LogP contribution in [0.15, 0.2) is 11.6 Å². The van der Waals surface area contributed by atoms with E-state index in [-0.39, 0.29) is 12.4 Å². The predicted molar refractivity (Wildman–Crippen MR) is 66.8 cm³/mol. The quantitative estimate of drug-likeness (QED) is 0.410. The second kappa shape index (κ2) is 8.08. The van der Waals surface area contributed by atoms with E-state index in [9.17, 15) is 4.79 Å². The Morgan fingerprint density at radius 1 is 1.44 bits per heavy atom. The number of hydrogen-bond donors (Lipinski definition) is 1. The Bertz CT molecular complexity index is 265. The zero-order valence-corrected chi connectivity index (χ0v) is 10.8. The summed E-state index contributed by atoms with van der Waals surface area (Å²) in [5.41, 5.74) is 1.80. The predicted octanol–water partition coefficient (Wildman–Crippen LogP) is 3.34. The van der Waals surface area contributed by atoms with Gasteiger partial charge in [-0.15, -0.1) is 0 Å². The second-order valence-corrected chi connectivity index (χ2v) is 4.52. The van der Waals surface area contributed by atoms with E-state index in [1.54, 1.807) is 0 Å². The zero-order valence-electron chi connectivity index (χ0n) is 10.8. The van der Waals surface area contributed by atoms with Gasteiger partial charge >= 0.3 is 5.97 Å². The standard InChI is InChI=1S/C13H23NO2/c1-10(2)6-5-7-11(3)8-12(14)9-13(15)16-4/h6,11,14H,5,7-9H2,1-4H3. The molecule has 0 aliphatic carbocycles. The van der Waals surface area contributed by atoms with Gasteiger partial charge in [0.1, 0.15) is 0 Å². The van der Waals surface area contributed by atoms with Gasteiger partial charge in [-0.05, 0) is 39.0 Å². The summed E-state index contributed by atoms with van der Waals surface area (Å²) in [6.07, 6.45) is 5.14. The number of allylic oxidation sites excluding steroid dienone is 2. The molecule has 92 valence electrons. The summed E-state index contributed by atoms with van der Waals surface area (Å²) in [6.45, 7) is 6.29. The maximum Gasteiger partial charge on any atom is 0.311 e. The molecule has 1 atom stereocenters. The van der Waals surface area contributed by atoms with Gasteiger partial charge in [-0.1, -0.05) is 18.6 Å². The van der Waals surface area contributed by atoms with Crippen molar-refractivity contribution in [1.29, 1.82) is 5.41 Å². The van der Waals surface area contributed by atoms with E-state index in [1.165, 1.54) is 12.7 Å². The van der Waals surface area contributed by atoms with Crippen molar-refractivity contribution in [2.75, 3.05) is 7.11 Å². The number of ether oxygens (including phenoxy) is 1. The van der Waals surface area contributed by atoms with Gasteiger partial charge in [0.05, 0.1) is 13.5 Å². The van der Waals surface area contributed by atoms with Crippen molar-refractivity contribution >= 4 is 11.7 Å². The molecule has 0 aliphatic heterocycles. The van der Waals surface area contributed by atoms with Crippen molar-refractivity contribution in [2.45, 2.75) is 46.5 Å². The molecule has 0 rings (SSSR count). The molecule has 1 N–H and O–H groups in total. The molecule has 3 nitrogen and oxygen atoms in total. The summed E-state index contributed by atoms with van der Waals surface area (Å²) in [5.74, 6) is 0.134. The summed E-state index contributed by atoms with van der Waals surface area (Å²) in [7, 11) is 1.36.